The number of benzene rings is 1. The zero-order chi connectivity index (χ0) is 19.6. The van der Waals surface area contributed by atoms with Crippen LogP contribution in [0, 0.1) is 12.7 Å². The van der Waals surface area contributed by atoms with Gasteiger partial charge in [-0.1, -0.05) is 24.8 Å². The van der Waals surface area contributed by atoms with Crippen LogP contribution in [0.3, 0.4) is 0 Å². The Morgan fingerprint density at radius 2 is 2.22 bits per heavy atom. The van der Waals surface area contributed by atoms with E-state index in [-0.39, 0.29) is 5.82 Å². The molecule has 1 unspecified atom stereocenters. The first kappa shape index (κ1) is 20.6. The van der Waals surface area contributed by atoms with E-state index in [1.165, 1.54) is 6.07 Å². The van der Waals surface area contributed by atoms with Crippen LogP contribution in [-0.2, 0) is 0 Å². The summed E-state index contributed by atoms with van der Waals surface area (Å²) in [6.45, 7) is 11.7. The van der Waals surface area contributed by atoms with Crippen molar-refractivity contribution in [2.75, 3.05) is 20.1 Å². The van der Waals surface area contributed by atoms with Crippen molar-refractivity contribution in [1.82, 2.24) is 16.1 Å². The molecule has 144 valence electrons. The maximum atomic E-state index is 14.6. The molecule has 4 nitrogen and oxygen atoms in total. The smallest absolute Gasteiger partial charge is 0.131 e. The Balaban J connectivity index is 2.43. The highest BCUT2D eigenvalue weighted by Crippen LogP contribution is 2.26. The molecule has 1 heterocycles. The molecule has 1 aromatic rings. The van der Waals surface area contributed by atoms with Gasteiger partial charge in [0.25, 0.3) is 0 Å². The van der Waals surface area contributed by atoms with Gasteiger partial charge in [-0.05, 0) is 61.2 Å². The SMILES string of the molecule is C=CCC(/C=N\NC)=C\C(=C/C(=C)NC1CCNC1)c1c(C)cccc1F. The van der Waals surface area contributed by atoms with E-state index in [4.69, 9.17) is 0 Å². The Kier molecular flexibility index (Phi) is 8.01. The summed E-state index contributed by atoms with van der Waals surface area (Å²) in [5, 5.41) is 10.8. The molecule has 5 heteroatoms. The Hall–Kier alpha value is -2.66. The molecule has 0 saturated carbocycles. The van der Waals surface area contributed by atoms with Gasteiger partial charge in [-0.3, -0.25) is 0 Å². The lowest BCUT2D eigenvalue weighted by Crippen LogP contribution is -2.29. The summed E-state index contributed by atoms with van der Waals surface area (Å²) in [4.78, 5) is 0. The van der Waals surface area contributed by atoms with Gasteiger partial charge in [0.1, 0.15) is 5.82 Å². The number of hydrazone groups is 1. The van der Waals surface area contributed by atoms with Crippen LogP contribution in [0.5, 0.6) is 0 Å². The molecule has 0 aromatic heterocycles. The summed E-state index contributed by atoms with van der Waals surface area (Å²) in [5.41, 5.74) is 6.63. The van der Waals surface area contributed by atoms with Gasteiger partial charge in [0, 0.05) is 30.9 Å². The lowest BCUT2D eigenvalue weighted by Gasteiger charge is -2.15. The molecule has 0 aliphatic carbocycles. The van der Waals surface area contributed by atoms with Crippen molar-refractivity contribution in [3.63, 3.8) is 0 Å². The summed E-state index contributed by atoms with van der Waals surface area (Å²) in [6.07, 6.45) is 9.04. The molecule has 1 fully saturated rings. The summed E-state index contributed by atoms with van der Waals surface area (Å²) in [6, 6.07) is 5.46. The Labute approximate surface area is 161 Å². The largest absolute Gasteiger partial charge is 0.381 e. The molecule has 0 spiro atoms. The number of nitrogens with one attached hydrogen (secondary N) is 3. The molecule has 0 radical (unpaired) electrons. The average molecular weight is 369 g/mol. The molecule has 2 rings (SSSR count). The molecule has 0 bridgehead atoms. The first-order valence-electron chi connectivity index (χ1n) is 9.19. The van der Waals surface area contributed by atoms with E-state index in [1.54, 1.807) is 25.4 Å². The fourth-order valence-electron chi connectivity index (χ4n) is 3.12. The third-order valence-electron chi connectivity index (χ3n) is 4.37. The molecule has 1 atom stereocenters. The lowest BCUT2D eigenvalue weighted by molar-refractivity contribution is 0.621. The highest BCUT2D eigenvalue weighted by Gasteiger charge is 2.15. The second-order valence-corrected chi connectivity index (χ2v) is 6.58. The van der Waals surface area contributed by atoms with E-state index >= 15 is 0 Å². The molecule has 1 aliphatic rings. The van der Waals surface area contributed by atoms with Gasteiger partial charge < -0.3 is 16.1 Å². The minimum Gasteiger partial charge on any atom is -0.381 e. The van der Waals surface area contributed by atoms with Crippen LogP contribution in [0.2, 0.25) is 0 Å². The van der Waals surface area contributed by atoms with Crippen molar-refractivity contribution in [1.29, 1.82) is 0 Å². The van der Waals surface area contributed by atoms with Gasteiger partial charge in [-0.25, -0.2) is 4.39 Å². The van der Waals surface area contributed by atoms with Crippen molar-refractivity contribution in [3.8, 4) is 0 Å². The van der Waals surface area contributed by atoms with Gasteiger partial charge >= 0.3 is 0 Å². The number of rotatable bonds is 9. The molecule has 1 aliphatic heterocycles. The van der Waals surface area contributed by atoms with E-state index in [9.17, 15) is 4.39 Å². The topological polar surface area (TPSA) is 48.5 Å². The standard InChI is InChI=1S/C22H29FN4/c1-5-7-18(14-26-24-4)13-19(22-16(2)8-6-9-21(22)23)12-17(3)27-20-10-11-25-15-20/h5-6,8-9,12-14,20,24-25,27H,1,3,7,10-11,15H2,2,4H3/b18-13+,19-12+,26-14-. The summed E-state index contributed by atoms with van der Waals surface area (Å²) >= 11 is 0. The monoisotopic (exact) mass is 368 g/mol. The maximum Gasteiger partial charge on any atom is 0.131 e. The third kappa shape index (κ3) is 6.22. The second kappa shape index (κ2) is 10.5. The fraction of sp³-hybridized carbons (Fsp3) is 0.318. The van der Waals surface area contributed by atoms with Crippen LogP contribution in [0.15, 0.2) is 66.0 Å². The summed E-state index contributed by atoms with van der Waals surface area (Å²) in [7, 11) is 1.74. The van der Waals surface area contributed by atoms with Gasteiger partial charge in [0.2, 0.25) is 0 Å². The van der Waals surface area contributed by atoms with Gasteiger partial charge in [0.05, 0.1) is 6.21 Å². The van der Waals surface area contributed by atoms with Crippen LogP contribution in [-0.4, -0.2) is 32.4 Å². The van der Waals surface area contributed by atoms with Crippen molar-refractivity contribution < 1.29 is 4.39 Å². The molecule has 1 saturated heterocycles. The van der Waals surface area contributed by atoms with E-state index in [0.717, 1.165) is 41.9 Å². The maximum absolute atomic E-state index is 14.6. The molecule has 3 N–H and O–H groups in total. The van der Waals surface area contributed by atoms with Crippen LogP contribution < -0.4 is 16.1 Å². The Morgan fingerprint density at radius 1 is 1.41 bits per heavy atom. The van der Waals surface area contributed by atoms with E-state index < -0.39 is 0 Å². The number of aryl methyl sites for hydroxylation is 1. The number of hydrogen-bond donors (Lipinski definition) is 3. The Morgan fingerprint density at radius 3 is 2.85 bits per heavy atom. The van der Waals surface area contributed by atoms with E-state index in [1.807, 2.05) is 25.1 Å². The predicted molar refractivity (Wildman–Crippen MR) is 113 cm³/mol. The molecule has 0 amide bonds. The van der Waals surface area contributed by atoms with Crippen LogP contribution in [0.25, 0.3) is 5.57 Å². The first-order valence-corrected chi connectivity index (χ1v) is 9.19. The van der Waals surface area contributed by atoms with Crippen LogP contribution >= 0.6 is 0 Å². The fourth-order valence-corrected chi connectivity index (χ4v) is 3.12. The molecular weight excluding hydrogens is 339 g/mol. The van der Waals surface area contributed by atoms with Crippen LogP contribution in [0.4, 0.5) is 4.39 Å². The minimum absolute atomic E-state index is 0.253. The van der Waals surface area contributed by atoms with Crippen molar-refractivity contribution in [2.45, 2.75) is 25.8 Å². The van der Waals surface area contributed by atoms with Crippen molar-refractivity contribution >= 4 is 11.8 Å². The highest BCUT2D eigenvalue weighted by atomic mass is 19.1. The number of halogens is 1. The minimum atomic E-state index is -0.253. The second-order valence-electron chi connectivity index (χ2n) is 6.58. The number of allylic oxidation sites excluding steroid dienone is 5. The lowest BCUT2D eigenvalue weighted by atomic mass is 9.96. The summed E-state index contributed by atoms with van der Waals surface area (Å²) < 4.78 is 14.6. The first-order chi connectivity index (χ1) is 13.0. The predicted octanol–water partition coefficient (Wildman–Crippen LogP) is 3.69. The number of nitrogens with zero attached hydrogens (tertiary/aromatic N) is 1. The quantitative estimate of drug-likeness (QED) is 0.270. The third-order valence-corrected chi connectivity index (χ3v) is 4.37. The molecular formula is C22H29FN4. The zero-order valence-corrected chi connectivity index (χ0v) is 16.2. The summed E-state index contributed by atoms with van der Waals surface area (Å²) in [5.74, 6) is -0.253. The van der Waals surface area contributed by atoms with E-state index in [2.05, 4.69) is 34.3 Å². The van der Waals surface area contributed by atoms with Crippen LogP contribution in [0.1, 0.15) is 24.0 Å². The number of hydrogen-bond acceptors (Lipinski definition) is 4. The molecule has 1 aromatic carbocycles. The Bertz CT molecular complexity index is 735. The van der Waals surface area contributed by atoms with Gasteiger partial charge in [0.15, 0.2) is 0 Å². The van der Waals surface area contributed by atoms with Gasteiger partial charge in [-0.15, -0.1) is 6.58 Å². The van der Waals surface area contributed by atoms with Crippen molar-refractivity contribution in [2.24, 2.45) is 5.10 Å². The zero-order valence-electron chi connectivity index (χ0n) is 16.2. The van der Waals surface area contributed by atoms with E-state index in [0.29, 0.717) is 18.0 Å². The van der Waals surface area contributed by atoms with Crippen molar-refractivity contribution in [3.05, 3.63) is 77.8 Å². The normalized spacial score (nSPS) is 18.0. The molecule has 27 heavy (non-hydrogen) atoms. The highest BCUT2D eigenvalue weighted by molar-refractivity contribution is 5.87. The van der Waals surface area contributed by atoms with Gasteiger partial charge in [-0.2, -0.15) is 5.10 Å². The average Bonchev–Trinajstić information content (AvgIpc) is 3.12.